The first-order valence-corrected chi connectivity index (χ1v) is 6.23. The average Bonchev–Trinajstić information content (AvgIpc) is 2.62. The minimum atomic E-state index is -0.0530. The molecule has 0 amide bonds. The molecule has 3 heteroatoms. The molecule has 17 heavy (non-hydrogen) atoms. The third kappa shape index (κ3) is 1.85. The second kappa shape index (κ2) is 4.04. The van der Waals surface area contributed by atoms with E-state index in [-0.39, 0.29) is 5.54 Å². The summed E-state index contributed by atoms with van der Waals surface area (Å²) in [4.78, 5) is 3.45. The van der Waals surface area contributed by atoms with Crippen molar-refractivity contribution in [2.75, 3.05) is 7.05 Å². The summed E-state index contributed by atoms with van der Waals surface area (Å²) >= 11 is 6.16. The van der Waals surface area contributed by atoms with Gasteiger partial charge in [0.25, 0.3) is 0 Å². The fourth-order valence-corrected chi connectivity index (χ4v) is 2.60. The Labute approximate surface area is 107 Å². The Balaban J connectivity index is 2.82. The van der Waals surface area contributed by atoms with Crippen LogP contribution >= 0.6 is 11.6 Å². The topological polar surface area (TPSA) is 27.8 Å². The van der Waals surface area contributed by atoms with Crippen LogP contribution in [0.25, 0.3) is 10.9 Å². The molecule has 0 fully saturated rings. The molecule has 0 bridgehead atoms. The summed E-state index contributed by atoms with van der Waals surface area (Å²) in [7, 11) is 1.99. The number of benzene rings is 1. The highest BCUT2D eigenvalue weighted by molar-refractivity contribution is 6.32. The number of H-pyrrole nitrogens is 1. The fraction of sp³-hybridized carbons (Fsp3) is 0.429. The molecule has 2 aromatic rings. The Hall–Kier alpha value is -0.990. The summed E-state index contributed by atoms with van der Waals surface area (Å²) in [6.45, 7) is 8.54. The van der Waals surface area contributed by atoms with E-state index >= 15 is 0 Å². The number of nitrogens with one attached hydrogen (secondary N) is 2. The van der Waals surface area contributed by atoms with E-state index in [1.165, 1.54) is 16.6 Å². The van der Waals surface area contributed by atoms with Crippen LogP contribution in [0.5, 0.6) is 0 Å². The number of fused-ring (bicyclic) bond motifs is 1. The lowest BCUT2D eigenvalue weighted by Crippen LogP contribution is -2.33. The molecule has 0 aliphatic heterocycles. The van der Waals surface area contributed by atoms with E-state index in [9.17, 15) is 0 Å². The molecule has 0 atom stereocenters. The SMILES string of the molecule is CNC(C)(C)c1c(C)[nH]c2c(C)c(Cl)ccc12. The predicted octanol–water partition coefficient (Wildman–Crippen LogP) is 3.89. The Bertz CT molecular complexity index is 567. The molecule has 0 saturated heterocycles. The molecule has 2 N–H and O–H groups in total. The van der Waals surface area contributed by atoms with Crippen LogP contribution in [0.1, 0.15) is 30.7 Å². The van der Waals surface area contributed by atoms with Gasteiger partial charge in [0.1, 0.15) is 0 Å². The van der Waals surface area contributed by atoms with Gasteiger partial charge in [-0.3, -0.25) is 0 Å². The highest BCUT2D eigenvalue weighted by Gasteiger charge is 2.25. The van der Waals surface area contributed by atoms with E-state index in [2.05, 4.69) is 44.1 Å². The van der Waals surface area contributed by atoms with Crippen LogP contribution in [-0.4, -0.2) is 12.0 Å². The smallest absolute Gasteiger partial charge is 0.0504 e. The van der Waals surface area contributed by atoms with Gasteiger partial charge < -0.3 is 10.3 Å². The number of hydrogen-bond acceptors (Lipinski definition) is 1. The Morgan fingerprint density at radius 1 is 1.24 bits per heavy atom. The van der Waals surface area contributed by atoms with Crippen molar-refractivity contribution in [1.82, 2.24) is 10.3 Å². The van der Waals surface area contributed by atoms with Crippen molar-refractivity contribution in [3.63, 3.8) is 0 Å². The molecule has 1 aromatic heterocycles. The number of aromatic amines is 1. The monoisotopic (exact) mass is 250 g/mol. The molecule has 2 rings (SSSR count). The van der Waals surface area contributed by atoms with Crippen molar-refractivity contribution < 1.29 is 0 Å². The number of halogens is 1. The second-order valence-corrected chi connectivity index (χ2v) is 5.50. The molecule has 2 nitrogen and oxygen atoms in total. The van der Waals surface area contributed by atoms with Gasteiger partial charge in [-0.05, 0) is 51.9 Å². The lowest BCUT2D eigenvalue weighted by atomic mass is 9.91. The largest absolute Gasteiger partial charge is 0.358 e. The minimum absolute atomic E-state index is 0.0530. The van der Waals surface area contributed by atoms with Gasteiger partial charge in [0.05, 0.1) is 5.52 Å². The molecule has 0 unspecified atom stereocenters. The third-order valence-corrected chi connectivity index (χ3v) is 4.02. The molecule has 0 saturated carbocycles. The van der Waals surface area contributed by atoms with Crippen LogP contribution in [0.15, 0.2) is 12.1 Å². The van der Waals surface area contributed by atoms with Gasteiger partial charge in [0, 0.05) is 21.6 Å². The summed E-state index contributed by atoms with van der Waals surface area (Å²) in [6.07, 6.45) is 0. The van der Waals surface area contributed by atoms with Gasteiger partial charge in [-0.15, -0.1) is 0 Å². The average molecular weight is 251 g/mol. The lowest BCUT2D eigenvalue weighted by molar-refractivity contribution is 0.446. The van der Waals surface area contributed by atoms with E-state index < -0.39 is 0 Å². The summed E-state index contributed by atoms with van der Waals surface area (Å²) in [6, 6.07) is 4.07. The number of aromatic nitrogens is 1. The van der Waals surface area contributed by atoms with Crippen LogP contribution < -0.4 is 5.32 Å². The van der Waals surface area contributed by atoms with Gasteiger partial charge >= 0.3 is 0 Å². The zero-order valence-electron chi connectivity index (χ0n) is 11.0. The highest BCUT2D eigenvalue weighted by atomic mass is 35.5. The Kier molecular flexibility index (Phi) is 2.96. The summed E-state index contributed by atoms with van der Waals surface area (Å²) < 4.78 is 0. The number of hydrogen-bond donors (Lipinski definition) is 2. The van der Waals surface area contributed by atoms with Crippen LogP contribution in [-0.2, 0) is 5.54 Å². The molecule has 0 aliphatic carbocycles. The third-order valence-electron chi connectivity index (χ3n) is 3.61. The summed E-state index contributed by atoms with van der Waals surface area (Å²) in [5.74, 6) is 0. The maximum absolute atomic E-state index is 6.16. The van der Waals surface area contributed by atoms with E-state index in [4.69, 9.17) is 11.6 Å². The molecule has 0 spiro atoms. The number of aryl methyl sites for hydroxylation is 2. The lowest BCUT2D eigenvalue weighted by Gasteiger charge is -2.25. The van der Waals surface area contributed by atoms with Crippen LogP contribution in [0, 0.1) is 13.8 Å². The maximum Gasteiger partial charge on any atom is 0.0504 e. The summed E-state index contributed by atoms with van der Waals surface area (Å²) in [5.41, 5.74) is 4.72. The first-order chi connectivity index (χ1) is 7.88. The van der Waals surface area contributed by atoms with Crippen LogP contribution in [0.3, 0.4) is 0 Å². The molecule has 1 heterocycles. The maximum atomic E-state index is 6.16. The first kappa shape index (κ1) is 12.5. The van der Waals surface area contributed by atoms with E-state index in [1.54, 1.807) is 0 Å². The van der Waals surface area contributed by atoms with Gasteiger partial charge in [0.2, 0.25) is 0 Å². The standard InChI is InChI=1S/C14H19ClN2/c1-8-11(15)7-6-10-12(14(3,4)16-5)9(2)17-13(8)10/h6-7,16-17H,1-5H3. The second-order valence-electron chi connectivity index (χ2n) is 5.09. The Morgan fingerprint density at radius 2 is 1.88 bits per heavy atom. The van der Waals surface area contributed by atoms with Gasteiger partial charge in [-0.2, -0.15) is 0 Å². The first-order valence-electron chi connectivity index (χ1n) is 5.85. The van der Waals surface area contributed by atoms with E-state index in [0.717, 1.165) is 16.1 Å². The Morgan fingerprint density at radius 3 is 2.47 bits per heavy atom. The minimum Gasteiger partial charge on any atom is -0.358 e. The molecule has 0 aliphatic rings. The molecular weight excluding hydrogens is 232 g/mol. The zero-order chi connectivity index (χ0) is 12.8. The molecule has 92 valence electrons. The van der Waals surface area contributed by atoms with Gasteiger partial charge in [-0.25, -0.2) is 0 Å². The van der Waals surface area contributed by atoms with Crippen LogP contribution in [0.4, 0.5) is 0 Å². The molecular formula is C14H19ClN2. The van der Waals surface area contributed by atoms with Crippen molar-refractivity contribution >= 4 is 22.5 Å². The normalized spacial score (nSPS) is 12.4. The quantitative estimate of drug-likeness (QED) is 0.832. The van der Waals surface area contributed by atoms with Gasteiger partial charge in [0.15, 0.2) is 0 Å². The van der Waals surface area contributed by atoms with Crippen molar-refractivity contribution in [1.29, 1.82) is 0 Å². The summed E-state index contributed by atoms with van der Waals surface area (Å²) in [5, 5.41) is 5.42. The fourth-order valence-electron chi connectivity index (χ4n) is 2.44. The predicted molar refractivity (Wildman–Crippen MR) is 74.9 cm³/mol. The zero-order valence-corrected chi connectivity index (χ0v) is 11.8. The molecule has 0 radical (unpaired) electrons. The van der Waals surface area contributed by atoms with Crippen molar-refractivity contribution in [3.8, 4) is 0 Å². The van der Waals surface area contributed by atoms with Gasteiger partial charge in [-0.1, -0.05) is 17.7 Å². The molecule has 1 aromatic carbocycles. The number of rotatable bonds is 2. The van der Waals surface area contributed by atoms with E-state index in [0.29, 0.717) is 0 Å². The van der Waals surface area contributed by atoms with Crippen molar-refractivity contribution in [3.05, 3.63) is 34.0 Å². The highest BCUT2D eigenvalue weighted by Crippen LogP contribution is 2.34. The van der Waals surface area contributed by atoms with Crippen molar-refractivity contribution in [2.24, 2.45) is 0 Å². The van der Waals surface area contributed by atoms with Crippen molar-refractivity contribution in [2.45, 2.75) is 33.2 Å². The van der Waals surface area contributed by atoms with E-state index in [1.807, 2.05) is 13.1 Å². The van der Waals surface area contributed by atoms with Crippen LogP contribution in [0.2, 0.25) is 5.02 Å².